The highest BCUT2D eigenvalue weighted by atomic mass is 79.9. The first-order valence-electron chi connectivity index (χ1n) is 47.1. The van der Waals surface area contributed by atoms with Crippen LogP contribution >= 0.6 is 66.7 Å². The molecule has 28 nitrogen and oxygen atoms in total. The molecule has 10 fully saturated rings. The van der Waals surface area contributed by atoms with Gasteiger partial charge in [0.2, 0.25) is 16.5 Å². The second-order valence-corrected chi connectivity index (χ2v) is 43.5. The number of hydrogen-bond donors (Lipinski definition) is 3. The molecule has 147 heavy (non-hydrogen) atoms. The first-order chi connectivity index (χ1) is 68.9. The van der Waals surface area contributed by atoms with E-state index in [1.807, 2.05) is 112 Å². The molecule has 0 spiro atoms. The van der Waals surface area contributed by atoms with Crippen molar-refractivity contribution >= 4 is 111 Å². The number of phenolic OH excluding ortho intramolecular Hbond substituents is 1. The fourth-order valence-corrected chi connectivity index (χ4v) is 15.1. The van der Waals surface area contributed by atoms with Crippen molar-refractivity contribution in [2.45, 2.75) is 253 Å². The molecule has 0 bridgehead atoms. The smallest absolute Gasteiger partial charge is 0.495 e. The number of aromatic nitrogens is 10. The normalized spacial score (nSPS) is 18.8. The third-order valence-corrected chi connectivity index (χ3v) is 28.7. The molecule has 20 rings (SSSR count). The van der Waals surface area contributed by atoms with E-state index in [1.54, 1.807) is 38.6 Å². The highest BCUT2D eigenvalue weighted by molar-refractivity contribution is 9.10. The monoisotopic (exact) mass is 2220 g/mol. The van der Waals surface area contributed by atoms with Gasteiger partial charge in [0, 0.05) is 56.6 Å². The van der Waals surface area contributed by atoms with Crippen molar-refractivity contribution in [1.82, 2.24) is 49.5 Å². The Balaban J connectivity index is 0.000000152. The van der Waals surface area contributed by atoms with Crippen LogP contribution in [0.3, 0.4) is 0 Å². The highest BCUT2D eigenvalue weighted by Gasteiger charge is 2.64. The Morgan fingerprint density at radius 3 is 1.04 bits per heavy atom. The molecule has 0 amide bonds. The van der Waals surface area contributed by atoms with Gasteiger partial charge in [-0.2, -0.15) is 36.5 Å². The fraction of sp³-hybridized carbons (Fsp3) is 0.475. The molecule has 46 heteroatoms. The van der Waals surface area contributed by atoms with Crippen LogP contribution in [-0.2, 0) is 27.9 Å². The van der Waals surface area contributed by atoms with Crippen molar-refractivity contribution in [3.05, 3.63) is 204 Å². The first-order valence-corrected chi connectivity index (χ1v) is 49.8. The molecule has 778 valence electrons. The Hall–Kier alpha value is -11.1. The van der Waals surface area contributed by atoms with E-state index in [1.165, 1.54) is 31.2 Å². The molecular weight excluding hydrogens is 2120 g/mol. The van der Waals surface area contributed by atoms with E-state index < -0.39 is 141 Å². The highest BCUT2D eigenvalue weighted by Crippen LogP contribution is 2.52. The second-order valence-electron chi connectivity index (χ2n) is 40.6. The van der Waals surface area contributed by atoms with E-state index in [0.29, 0.717) is 88.7 Å². The van der Waals surface area contributed by atoms with Crippen molar-refractivity contribution in [2.75, 3.05) is 37.5 Å². The molecule has 5 aromatic carbocycles. The minimum atomic E-state index is -0.966. The number of anilines is 3. The van der Waals surface area contributed by atoms with Crippen molar-refractivity contribution in [2.24, 2.45) is 27.1 Å². The van der Waals surface area contributed by atoms with Gasteiger partial charge < -0.3 is 63.0 Å². The van der Waals surface area contributed by atoms with E-state index in [9.17, 15) is 43.9 Å². The van der Waals surface area contributed by atoms with Gasteiger partial charge in [0.25, 0.3) is 0 Å². The summed E-state index contributed by atoms with van der Waals surface area (Å²) in [5, 5.41) is 64.9. The number of aryl methyl sites for hydroxylation is 3. The average molecular weight is 2230 g/mol. The molecule has 0 unspecified atom stereocenters. The first kappa shape index (κ1) is 115. The second kappa shape index (κ2) is 46.2. The quantitative estimate of drug-likeness (QED) is 0.0260. The van der Waals surface area contributed by atoms with Gasteiger partial charge in [-0.05, 0) is 301 Å². The standard InChI is InChI=1S/C22H20F2N6O.C17H20BF2NO3.C16H12ClF2N3O.C12H24B2O4.C11H8BrF2NO.C6H3BrF2O.C6H9N3.C6H9N.C5H4Cl2N2/c1-13-8-26-21(28-15-9-27-30(10-15)16-2-3-16)29-19(13)14-6-17(23)20(18(24)7-14)31-12-22(11-25)4-5-22;1-15(2)16(3,4)24-18(23-15)11-7-12(19)14(13(20)8-11)22-10-17(9-21)5-6-17;1-9-6-21-15(17)22-13(9)10-4-11(18)14(12(19)5-10)23-8-16(7-20)2-3-16;1-9(2)10(3,4)16-13(15-9)14-17-11(5,6)12(7,8)18-14;12-7-3-8(13)10(9(14)4-7)16-6-11(5-15)1-2-11;7-3-1-4(8)6(10)5(9)2-3;7-5-3-8-9(4-5)6-1-2-6;1-2-6(5-7)3-4-6;1-3-2-8-5(7)9-4(3)6/h6-10,16H,2-5,12H2,1H3,(H,26,28,29);7-8H,5-6,10H2,1-4H3;4-6H,2-3,8H2,1H3;1-8H3;3-4H,1-2,6H2;1-2,10H;3-4,6H,1-2,7H2;2-4H2,1H3;2H,1H3. The molecule has 3 aliphatic heterocycles. The minimum absolute atomic E-state index is 0.00330. The maximum absolute atomic E-state index is 14.6. The van der Waals surface area contributed by atoms with Crippen LogP contribution in [0.4, 0.5) is 61.2 Å². The number of rotatable bonds is 21. The van der Waals surface area contributed by atoms with Crippen molar-refractivity contribution in [3.8, 4) is 81.6 Å². The van der Waals surface area contributed by atoms with Gasteiger partial charge in [-0.15, -0.1) is 0 Å². The number of ether oxygens (including phenoxy) is 4. The number of hydrogen-bond acceptors (Lipinski definition) is 26. The van der Waals surface area contributed by atoms with Gasteiger partial charge in [0.05, 0.1) is 138 Å². The van der Waals surface area contributed by atoms with E-state index >= 15 is 0 Å². The maximum Gasteiger partial charge on any atom is 0.495 e. The lowest BCUT2D eigenvalue weighted by Crippen LogP contribution is -2.41. The molecule has 10 aromatic rings. The third kappa shape index (κ3) is 29.6. The fourth-order valence-electron chi connectivity index (χ4n) is 13.9. The Morgan fingerprint density at radius 2 is 0.728 bits per heavy atom. The number of nitrogen functional groups attached to an aromatic ring is 1. The summed E-state index contributed by atoms with van der Waals surface area (Å²) >= 11 is 22.6. The largest absolute Gasteiger partial charge is 0.503 e. The number of benzene rings is 5. The number of halogens is 15. The molecule has 3 saturated heterocycles. The summed E-state index contributed by atoms with van der Waals surface area (Å²) in [4.78, 5) is 23.9. The van der Waals surface area contributed by atoms with Gasteiger partial charge in [0.15, 0.2) is 86.9 Å². The Kier molecular flexibility index (Phi) is 36.0. The molecule has 0 atom stereocenters. The Labute approximate surface area is 879 Å². The van der Waals surface area contributed by atoms with E-state index in [4.69, 9.17) is 119 Å². The van der Waals surface area contributed by atoms with Gasteiger partial charge in [-0.25, -0.2) is 73.8 Å². The predicted octanol–water partition coefficient (Wildman–Crippen LogP) is 24.4. The van der Waals surface area contributed by atoms with Crippen molar-refractivity contribution in [3.63, 3.8) is 0 Å². The van der Waals surface area contributed by atoms with Crippen molar-refractivity contribution in [1.29, 1.82) is 26.3 Å². The van der Waals surface area contributed by atoms with Gasteiger partial charge in [-0.3, -0.25) is 9.36 Å². The molecule has 7 aliphatic carbocycles. The molecule has 7 saturated carbocycles. The SMILES string of the molecule is CC1(C)OB(B2OC(C)(C)C(C)(C)O2)OC1(C)C.CC1(C)OB(c2cc(F)c(OCC3(C#N)CC3)c(F)c2)OC1(C)C.CCC1(C#N)CC1.Cc1cnc(Cl)nc1-c1cc(F)c(OCC2(C#N)CC2)c(F)c1.Cc1cnc(Cl)nc1Cl.Cc1cnc(Nc2cnn(C3CC3)c2)nc1-c1cc(F)c(OCC2(C#N)CC2)c(F)c1.N#CC1(COc2c(F)cc(Br)cc2F)CC1.Nc1cnn(C2CC2)c1.Oc1c(F)cc(Br)cc1F. The van der Waals surface area contributed by atoms with Crippen LogP contribution in [-0.4, -0.2) is 136 Å². The molecule has 0 radical (unpaired) electrons. The van der Waals surface area contributed by atoms with Gasteiger partial charge in [-0.1, -0.05) is 50.4 Å². The minimum Gasteiger partial charge on any atom is -0.503 e. The van der Waals surface area contributed by atoms with Crippen LogP contribution in [0.25, 0.3) is 22.5 Å². The number of nitrogens with zero attached hydrogens (tertiary/aromatic N) is 15. The zero-order valence-corrected chi connectivity index (χ0v) is 89.1. The lowest BCUT2D eigenvalue weighted by atomic mass is 9.49. The zero-order valence-electron chi connectivity index (χ0n) is 83.6. The molecule has 10 aliphatic rings. The Morgan fingerprint density at radius 1 is 0.422 bits per heavy atom. The van der Waals surface area contributed by atoms with Crippen LogP contribution in [0.5, 0.6) is 28.7 Å². The summed E-state index contributed by atoms with van der Waals surface area (Å²) in [6.07, 6.45) is 25.5. The number of nitrogens with two attached hydrogens (primary N) is 1. The van der Waals surface area contributed by atoms with Gasteiger partial charge >= 0.3 is 21.1 Å². The summed E-state index contributed by atoms with van der Waals surface area (Å²) in [6.45, 7) is 31.1. The lowest BCUT2D eigenvalue weighted by Gasteiger charge is -2.32. The summed E-state index contributed by atoms with van der Waals surface area (Å²) in [6, 6.07) is 23.1. The van der Waals surface area contributed by atoms with Crippen LogP contribution in [0.15, 0.2) is 113 Å². The number of nitrogens with one attached hydrogen (secondary N) is 1. The summed E-state index contributed by atoms with van der Waals surface area (Å²) in [5.74, 6) is -10.9. The predicted molar refractivity (Wildman–Crippen MR) is 537 cm³/mol. The van der Waals surface area contributed by atoms with E-state index in [2.05, 4.69) is 115 Å². The van der Waals surface area contributed by atoms with Crippen molar-refractivity contribution < 1.29 is 95.9 Å². The number of nitriles is 5. The van der Waals surface area contributed by atoms with E-state index in [-0.39, 0.29) is 85.9 Å². The summed E-state index contributed by atoms with van der Waals surface area (Å²) in [7, 11) is -1.80. The summed E-state index contributed by atoms with van der Waals surface area (Å²) in [5.41, 5.74) is 5.83. The average Bonchev–Trinajstić information content (AvgIpc) is 1.65. The van der Waals surface area contributed by atoms with Crippen LogP contribution in [0.2, 0.25) is 15.7 Å². The molecule has 8 heterocycles. The molecular formula is C101H109B3Br2Cl3F10N17O11. The Bertz CT molecular complexity index is 6500. The topological polar surface area (TPSA) is 383 Å². The zero-order chi connectivity index (χ0) is 108. The van der Waals surface area contributed by atoms with Crippen LogP contribution < -0.4 is 35.5 Å². The lowest BCUT2D eigenvalue weighted by molar-refractivity contribution is 0.00578. The molecule has 4 N–H and O–H groups in total. The number of phenols is 1. The van der Waals surface area contributed by atoms with Gasteiger partial charge in [0.1, 0.15) is 31.6 Å². The third-order valence-electron chi connectivity index (χ3n) is 27.0. The number of aromatic hydroxyl groups is 1. The van der Waals surface area contributed by atoms with Crippen LogP contribution in [0.1, 0.15) is 215 Å². The summed E-state index contributed by atoms with van der Waals surface area (Å²) < 4.78 is 198. The van der Waals surface area contributed by atoms with E-state index in [0.717, 1.165) is 110 Å². The maximum atomic E-state index is 14.6. The van der Waals surface area contributed by atoms with Crippen LogP contribution in [0, 0.1) is 163 Å². The molecule has 5 aromatic heterocycles.